The Kier molecular flexibility index (Phi) is 23.3. The highest BCUT2D eigenvalue weighted by Gasteiger charge is 2.32. The van der Waals surface area contributed by atoms with Crippen molar-refractivity contribution in [1.29, 1.82) is 10.8 Å². The minimum absolute atomic E-state index is 0.00512. The highest BCUT2D eigenvalue weighted by molar-refractivity contribution is 5.96. The molecule has 0 bridgehead atoms. The first-order valence-electron chi connectivity index (χ1n) is 21.4. The molecule has 7 amide bonds. The second-order valence-corrected chi connectivity index (χ2v) is 16.2. The van der Waals surface area contributed by atoms with Crippen molar-refractivity contribution >= 4 is 53.3 Å². The Morgan fingerprint density at radius 2 is 1.12 bits per heavy atom. The number of carbonyl (C=O) groups is 7. The zero-order valence-corrected chi connectivity index (χ0v) is 37.8. The monoisotopic (exact) mass is 909 g/mol. The zero-order chi connectivity index (χ0) is 48.6. The highest BCUT2D eigenvalue weighted by Crippen LogP contribution is 2.12. The number of phenolic OH excluding ortho intramolecular Hbond substituents is 1. The predicted octanol–water partition coefficient (Wildman–Crippen LogP) is -2.27. The van der Waals surface area contributed by atoms with Gasteiger partial charge < -0.3 is 69.7 Å². The normalized spacial score (nSPS) is 13.6. The summed E-state index contributed by atoms with van der Waals surface area (Å²) in [5.41, 5.74) is 18.2. The van der Waals surface area contributed by atoms with E-state index in [0.29, 0.717) is 17.5 Å². The first-order chi connectivity index (χ1) is 30.7. The smallest absolute Gasteiger partial charge is 0.244 e. The number of hydrogen-bond donors (Lipinski definition) is 14. The number of nitrogens with two attached hydrogens (primary N) is 3. The molecule has 65 heavy (non-hydrogen) atoms. The Morgan fingerprint density at radius 3 is 1.68 bits per heavy atom. The van der Waals surface area contributed by atoms with Gasteiger partial charge in [-0.05, 0) is 74.6 Å². The van der Waals surface area contributed by atoms with Gasteiger partial charge in [0.15, 0.2) is 11.9 Å². The molecule has 0 unspecified atom stereocenters. The molecule has 22 heteroatoms. The molecule has 0 heterocycles. The first-order valence-corrected chi connectivity index (χ1v) is 21.4. The van der Waals surface area contributed by atoms with Crippen molar-refractivity contribution in [3.8, 4) is 5.75 Å². The number of benzene rings is 2. The van der Waals surface area contributed by atoms with Crippen molar-refractivity contribution in [2.45, 2.75) is 102 Å². The molecule has 358 valence electrons. The van der Waals surface area contributed by atoms with Crippen LogP contribution in [-0.4, -0.2) is 133 Å². The van der Waals surface area contributed by atoms with Crippen LogP contribution in [0.4, 0.5) is 0 Å². The Labute approximate surface area is 379 Å². The SMILES string of the molecule is CC(C)C[C@H](NC(=O)[C@H](Cc1ccccc1)NC(=O)CNC(=O)[C@@H](C)NC(=O)[C@@H](N)Cc1ccc(O)cc1)C(=O)N[C@@H](CCCNC(=N)N)C(=O)N[C@@H](CCCNC(=N)N)C(=O)N(C)C. The topological polar surface area (TPSA) is 365 Å². The molecular weight excluding hydrogens is 841 g/mol. The van der Waals surface area contributed by atoms with Gasteiger partial charge in [0.25, 0.3) is 0 Å². The number of rotatable bonds is 27. The molecule has 2 aromatic rings. The van der Waals surface area contributed by atoms with E-state index in [0.717, 1.165) is 0 Å². The van der Waals surface area contributed by atoms with Crippen LogP contribution in [-0.2, 0) is 46.4 Å². The lowest BCUT2D eigenvalue weighted by molar-refractivity contribution is -0.136. The largest absolute Gasteiger partial charge is 0.508 e. The molecule has 22 nitrogen and oxygen atoms in total. The van der Waals surface area contributed by atoms with Crippen molar-refractivity contribution in [2.75, 3.05) is 33.7 Å². The maximum atomic E-state index is 14.1. The summed E-state index contributed by atoms with van der Waals surface area (Å²) in [6, 6.07) is 8.28. The van der Waals surface area contributed by atoms with Gasteiger partial charge in [0.2, 0.25) is 41.4 Å². The summed E-state index contributed by atoms with van der Waals surface area (Å²) >= 11 is 0. The minimum atomic E-state index is -1.23. The van der Waals surface area contributed by atoms with Gasteiger partial charge in [0, 0.05) is 33.6 Å². The van der Waals surface area contributed by atoms with Crippen LogP contribution in [0.25, 0.3) is 0 Å². The molecule has 0 spiro atoms. The number of carbonyl (C=O) groups excluding carboxylic acids is 7. The summed E-state index contributed by atoms with van der Waals surface area (Å²) in [6.07, 6.45) is 1.17. The number of nitrogens with one attached hydrogen (secondary N) is 10. The van der Waals surface area contributed by atoms with Crippen LogP contribution in [0.15, 0.2) is 54.6 Å². The predicted molar refractivity (Wildman–Crippen MR) is 245 cm³/mol. The van der Waals surface area contributed by atoms with Gasteiger partial charge >= 0.3 is 0 Å². The Balaban J connectivity index is 2.22. The van der Waals surface area contributed by atoms with E-state index in [4.69, 9.17) is 28.0 Å². The van der Waals surface area contributed by atoms with Gasteiger partial charge in [-0.15, -0.1) is 0 Å². The summed E-state index contributed by atoms with van der Waals surface area (Å²) < 4.78 is 0. The molecule has 0 saturated heterocycles. The van der Waals surface area contributed by atoms with Gasteiger partial charge in [-0.25, -0.2) is 0 Å². The summed E-state index contributed by atoms with van der Waals surface area (Å²) in [5.74, 6) is -5.14. The molecule has 2 aromatic carbocycles. The number of aromatic hydroxyl groups is 1. The van der Waals surface area contributed by atoms with E-state index in [-0.39, 0.29) is 75.2 Å². The van der Waals surface area contributed by atoms with E-state index in [1.165, 1.54) is 38.1 Å². The summed E-state index contributed by atoms with van der Waals surface area (Å²) in [7, 11) is 3.07. The lowest BCUT2D eigenvalue weighted by Crippen LogP contribution is -2.59. The van der Waals surface area contributed by atoms with Crippen molar-refractivity contribution < 1.29 is 38.7 Å². The lowest BCUT2D eigenvalue weighted by Gasteiger charge is -2.28. The number of phenols is 1. The van der Waals surface area contributed by atoms with Crippen molar-refractivity contribution in [3.63, 3.8) is 0 Å². The molecule has 0 fully saturated rings. The summed E-state index contributed by atoms with van der Waals surface area (Å²) in [5, 5.41) is 45.5. The molecule has 2 rings (SSSR count). The van der Waals surface area contributed by atoms with E-state index >= 15 is 0 Å². The van der Waals surface area contributed by atoms with Crippen molar-refractivity contribution in [1.82, 2.24) is 47.4 Å². The highest BCUT2D eigenvalue weighted by atomic mass is 16.3. The Hall–Kier alpha value is -6.97. The van der Waals surface area contributed by atoms with Gasteiger partial charge in [0.1, 0.15) is 36.0 Å². The van der Waals surface area contributed by atoms with E-state index in [1.54, 1.807) is 42.5 Å². The van der Waals surface area contributed by atoms with Crippen molar-refractivity contribution in [3.05, 3.63) is 65.7 Å². The van der Waals surface area contributed by atoms with Gasteiger partial charge in [0.05, 0.1) is 12.6 Å². The van der Waals surface area contributed by atoms with E-state index in [1.807, 2.05) is 13.8 Å². The average molecular weight is 909 g/mol. The molecular formula is C43H68N14O8. The fourth-order valence-electron chi connectivity index (χ4n) is 6.41. The van der Waals surface area contributed by atoms with E-state index < -0.39 is 84.1 Å². The zero-order valence-electron chi connectivity index (χ0n) is 37.8. The van der Waals surface area contributed by atoms with Gasteiger partial charge in [-0.3, -0.25) is 44.4 Å². The van der Waals surface area contributed by atoms with Crippen LogP contribution >= 0.6 is 0 Å². The molecule has 0 aliphatic carbocycles. The second kappa shape index (κ2) is 28.0. The third-order valence-corrected chi connectivity index (χ3v) is 9.84. The first kappa shape index (κ1) is 54.2. The quantitative estimate of drug-likeness (QED) is 0.0256. The Morgan fingerprint density at radius 1 is 0.615 bits per heavy atom. The summed E-state index contributed by atoms with van der Waals surface area (Å²) in [4.78, 5) is 95.3. The van der Waals surface area contributed by atoms with Crippen LogP contribution in [0.3, 0.4) is 0 Å². The summed E-state index contributed by atoms with van der Waals surface area (Å²) in [6.45, 7) is 4.99. The number of hydrogen-bond acceptors (Lipinski definition) is 11. The van der Waals surface area contributed by atoms with Crippen molar-refractivity contribution in [2.24, 2.45) is 23.1 Å². The van der Waals surface area contributed by atoms with Gasteiger partial charge in [-0.2, -0.15) is 0 Å². The van der Waals surface area contributed by atoms with Crippen LogP contribution in [0, 0.1) is 16.7 Å². The number of likely N-dealkylation sites (N-methyl/N-ethyl adjacent to an activating group) is 1. The molecule has 0 aliphatic rings. The average Bonchev–Trinajstić information content (AvgIpc) is 3.24. The molecule has 6 atom stereocenters. The molecule has 0 saturated carbocycles. The maximum Gasteiger partial charge on any atom is 0.244 e. The second-order valence-electron chi connectivity index (χ2n) is 16.2. The molecule has 0 radical (unpaired) electrons. The third-order valence-electron chi connectivity index (χ3n) is 9.84. The Bertz CT molecular complexity index is 1920. The lowest BCUT2D eigenvalue weighted by atomic mass is 10.00. The standard InChI is InChI=1S/C43H68N14O8/c1-25(2)21-33(39(63)54-31(13-9-19-49-42(45)46)38(62)55-32(41(65)57(4)5)14-10-20-50-43(47)48)56-40(64)34(23-27-11-7-6-8-12-27)53-35(59)24-51-36(60)26(3)52-37(61)30(44)22-28-15-17-29(58)18-16-28/h6-8,11-12,15-18,25-26,30-34,58H,9-10,13-14,19-24,44H2,1-5H3,(H,51,60)(H,52,61)(H,53,59)(H,54,63)(H,55,62)(H,56,64)(H4,45,46,49)(H4,47,48,50)/t26-,30+,31+,32+,33+,34+/m1/s1. The van der Waals surface area contributed by atoms with E-state index in [9.17, 15) is 38.7 Å². The number of nitrogens with zero attached hydrogens (tertiary/aromatic N) is 1. The third kappa shape index (κ3) is 21.3. The molecule has 0 aliphatic heterocycles. The molecule has 17 N–H and O–H groups in total. The fraction of sp³-hybridized carbons (Fsp3) is 0.512. The van der Waals surface area contributed by atoms with E-state index in [2.05, 4.69) is 42.5 Å². The molecule has 0 aromatic heterocycles. The van der Waals surface area contributed by atoms with Crippen LogP contribution in [0.2, 0.25) is 0 Å². The number of guanidine groups is 2. The fourth-order valence-corrected chi connectivity index (χ4v) is 6.41. The van der Waals surface area contributed by atoms with Crippen LogP contribution in [0.5, 0.6) is 5.75 Å². The minimum Gasteiger partial charge on any atom is -0.508 e. The van der Waals surface area contributed by atoms with Crippen LogP contribution < -0.4 is 59.7 Å². The maximum absolute atomic E-state index is 14.1. The van der Waals surface area contributed by atoms with Gasteiger partial charge in [-0.1, -0.05) is 56.3 Å². The number of amides is 7. The van der Waals surface area contributed by atoms with Crippen LogP contribution in [0.1, 0.15) is 64.0 Å².